The smallest absolute Gasteiger partial charge is 0.240 e. The predicted octanol–water partition coefficient (Wildman–Crippen LogP) is 0.827. The Hall–Kier alpha value is -1.69. The van der Waals surface area contributed by atoms with Crippen LogP contribution in [0.3, 0.4) is 0 Å². The van der Waals surface area contributed by atoms with Crippen LogP contribution in [0.1, 0.15) is 12.8 Å². The molecule has 6 nitrogen and oxygen atoms in total. The number of rotatable bonds is 1. The highest BCUT2D eigenvalue weighted by Crippen LogP contribution is 2.39. The topological polar surface area (TPSA) is 79.0 Å². The predicted molar refractivity (Wildman–Crippen MR) is 59.0 cm³/mol. The number of nitrogens with zero attached hydrogens (tertiary/aromatic N) is 3. The highest BCUT2D eigenvalue weighted by Gasteiger charge is 2.49. The molecule has 2 aliphatic rings. The lowest BCUT2D eigenvalue weighted by atomic mass is 9.85. The fourth-order valence-electron chi connectivity index (χ4n) is 2.34. The van der Waals surface area contributed by atoms with Crippen LogP contribution in [-0.4, -0.2) is 27.0 Å². The van der Waals surface area contributed by atoms with Gasteiger partial charge < -0.3 is 0 Å². The average Bonchev–Trinajstić information content (AvgIpc) is 2.88. The molecule has 1 fully saturated rings. The van der Waals surface area contributed by atoms with Crippen molar-refractivity contribution in [2.75, 3.05) is 4.90 Å². The van der Waals surface area contributed by atoms with E-state index in [1.165, 1.54) is 6.33 Å². The van der Waals surface area contributed by atoms with Gasteiger partial charge in [0.15, 0.2) is 0 Å². The van der Waals surface area contributed by atoms with Crippen LogP contribution in [0.4, 0.5) is 5.95 Å². The summed E-state index contributed by atoms with van der Waals surface area (Å²) in [6.07, 6.45) is 4.01. The summed E-state index contributed by atoms with van der Waals surface area (Å²) in [6, 6.07) is 0. The molecule has 2 amide bonds. The molecular formula is C10H9ClN4O2. The van der Waals surface area contributed by atoms with E-state index in [4.69, 9.17) is 11.6 Å². The number of aromatic nitrogens is 3. The molecule has 88 valence electrons. The third-order valence-electron chi connectivity index (χ3n) is 3.18. The molecule has 2 atom stereocenters. The van der Waals surface area contributed by atoms with Gasteiger partial charge in [-0.15, -0.1) is 0 Å². The first-order valence-corrected chi connectivity index (χ1v) is 5.64. The molecule has 0 radical (unpaired) electrons. The van der Waals surface area contributed by atoms with Gasteiger partial charge in [0, 0.05) is 5.03 Å². The van der Waals surface area contributed by atoms with Gasteiger partial charge in [-0.2, -0.15) is 10.1 Å². The van der Waals surface area contributed by atoms with Crippen LogP contribution in [-0.2, 0) is 9.59 Å². The molecule has 1 aromatic rings. The molecule has 1 aliphatic carbocycles. The zero-order valence-electron chi connectivity index (χ0n) is 8.76. The number of carbonyl (C=O) groups excluding carboxylic acids is 2. The van der Waals surface area contributed by atoms with Crippen LogP contribution in [0, 0.1) is 11.8 Å². The fourth-order valence-corrected chi connectivity index (χ4v) is 2.60. The molecule has 0 aromatic carbocycles. The van der Waals surface area contributed by atoms with Gasteiger partial charge in [0.05, 0.1) is 11.8 Å². The van der Waals surface area contributed by atoms with Gasteiger partial charge in [-0.3, -0.25) is 9.59 Å². The summed E-state index contributed by atoms with van der Waals surface area (Å²) in [5.41, 5.74) is 0. The zero-order chi connectivity index (χ0) is 12.0. The second-order valence-corrected chi connectivity index (χ2v) is 4.61. The first kappa shape index (κ1) is 10.5. The SMILES string of the molecule is O=C1[C@H]2CC=C(Cl)C[C@@H]2C(=O)N1c1ncn[nH]1. The lowest BCUT2D eigenvalue weighted by Gasteiger charge is -2.17. The van der Waals surface area contributed by atoms with E-state index in [0.717, 1.165) is 4.90 Å². The number of aromatic amines is 1. The van der Waals surface area contributed by atoms with Gasteiger partial charge in [-0.25, -0.2) is 10.00 Å². The second kappa shape index (κ2) is 3.66. The number of hydrogen-bond acceptors (Lipinski definition) is 4. The van der Waals surface area contributed by atoms with Gasteiger partial charge in [0.25, 0.3) is 0 Å². The van der Waals surface area contributed by atoms with Crippen molar-refractivity contribution < 1.29 is 9.59 Å². The quantitative estimate of drug-likeness (QED) is 0.751. The number of allylic oxidation sites excluding steroid dienone is 2. The summed E-state index contributed by atoms with van der Waals surface area (Å²) >= 11 is 5.91. The second-order valence-electron chi connectivity index (χ2n) is 4.12. The van der Waals surface area contributed by atoms with Crippen LogP contribution in [0.2, 0.25) is 0 Å². The Balaban J connectivity index is 1.96. The third kappa shape index (κ3) is 1.48. The lowest BCUT2D eigenvalue weighted by Crippen LogP contribution is -2.31. The molecule has 0 unspecified atom stereocenters. The van der Waals surface area contributed by atoms with E-state index >= 15 is 0 Å². The number of anilines is 1. The van der Waals surface area contributed by atoms with Crippen molar-refractivity contribution in [1.82, 2.24) is 15.2 Å². The minimum Gasteiger partial charge on any atom is -0.274 e. The fraction of sp³-hybridized carbons (Fsp3) is 0.400. The molecule has 1 N–H and O–H groups in total. The molecular weight excluding hydrogens is 244 g/mol. The number of hydrogen-bond donors (Lipinski definition) is 1. The minimum absolute atomic E-state index is 0.186. The number of H-pyrrole nitrogens is 1. The molecule has 1 aliphatic heterocycles. The average molecular weight is 253 g/mol. The van der Waals surface area contributed by atoms with Crippen LogP contribution in [0.5, 0.6) is 0 Å². The maximum absolute atomic E-state index is 12.1. The molecule has 0 bridgehead atoms. The van der Waals surface area contributed by atoms with Gasteiger partial charge in [0.1, 0.15) is 6.33 Å². The Morgan fingerprint density at radius 2 is 2.12 bits per heavy atom. The maximum Gasteiger partial charge on any atom is 0.240 e. The van der Waals surface area contributed by atoms with Crippen molar-refractivity contribution >= 4 is 29.4 Å². The van der Waals surface area contributed by atoms with Crippen molar-refractivity contribution in [3.63, 3.8) is 0 Å². The minimum atomic E-state index is -0.356. The van der Waals surface area contributed by atoms with Gasteiger partial charge >= 0.3 is 0 Å². The molecule has 1 aromatic heterocycles. The standard InChI is InChI=1S/C10H9ClN4O2/c11-5-1-2-6-7(3-5)9(17)15(8(6)16)10-12-4-13-14-10/h1,4,6-7H,2-3H2,(H,12,13,14)/t6-,7-/m0/s1. The third-order valence-corrected chi connectivity index (χ3v) is 3.49. The van der Waals surface area contributed by atoms with E-state index < -0.39 is 0 Å². The summed E-state index contributed by atoms with van der Waals surface area (Å²) in [4.78, 5) is 29.1. The summed E-state index contributed by atoms with van der Waals surface area (Å²) in [5.74, 6) is -0.953. The summed E-state index contributed by atoms with van der Waals surface area (Å²) in [6.45, 7) is 0. The van der Waals surface area contributed by atoms with E-state index in [-0.39, 0.29) is 29.6 Å². The molecule has 0 spiro atoms. The van der Waals surface area contributed by atoms with E-state index in [1.54, 1.807) is 6.08 Å². The van der Waals surface area contributed by atoms with Crippen LogP contribution in [0.15, 0.2) is 17.4 Å². The molecule has 1 saturated heterocycles. The van der Waals surface area contributed by atoms with Crippen LogP contribution in [0.25, 0.3) is 0 Å². The normalized spacial score (nSPS) is 28.3. The Morgan fingerprint density at radius 1 is 1.35 bits per heavy atom. The van der Waals surface area contributed by atoms with Gasteiger partial charge in [-0.05, 0) is 12.8 Å². The number of carbonyl (C=O) groups is 2. The summed E-state index contributed by atoms with van der Waals surface area (Å²) in [7, 11) is 0. The summed E-state index contributed by atoms with van der Waals surface area (Å²) in [5, 5.41) is 6.83. The number of imide groups is 1. The van der Waals surface area contributed by atoms with E-state index in [2.05, 4.69) is 15.2 Å². The van der Waals surface area contributed by atoms with Crippen LogP contribution < -0.4 is 4.90 Å². The van der Waals surface area contributed by atoms with Gasteiger partial charge in [-0.1, -0.05) is 17.7 Å². The van der Waals surface area contributed by atoms with Crippen LogP contribution >= 0.6 is 11.6 Å². The van der Waals surface area contributed by atoms with Crippen molar-refractivity contribution in [3.05, 3.63) is 17.4 Å². The first-order chi connectivity index (χ1) is 8.18. The Kier molecular flexibility index (Phi) is 2.25. The zero-order valence-corrected chi connectivity index (χ0v) is 9.52. The van der Waals surface area contributed by atoms with Gasteiger partial charge in [0.2, 0.25) is 17.8 Å². The Morgan fingerprint density at radius 3 is 2.82 bits per heavy atom. The first-order valence-electron chi connectivity index (χ1n) is 5.26. The number of halogens is 1. The Bertz CT molecular complexity index is 510. The number of amides is 2. The molecule has 7 heteroatoms. The molecule has 3 rings (SSSR count). The molecule has 17 heavy (non-hydrogen) atoms. The highest BCUT2D eigenvalue weighted by molar-refractivity contribution is 6.30. The van der Waals surface area contributed by atoms with E-state index in [1.807, 2.05) is 0 Å². The summed E-state index contributed by atoms with van der Waals surface area (Å²) < 4.78 is 0. The lowest BCUT2D eigenvalue weighted by molar-refractivity contribution is -0.122. The van der Waals surface area contributed by atoms with Crippen molar-refractivity contribution in [2.45, 2.75) is 12.8 Å². The number of fused-ring (bicyclic) bond motifs is 1. The molecule has 0 saturated carbocycles. The largest absolute Gasteiger partial charge is 0.274 e. The molecule has 2 heterocycles. The van der Waals surface area contributed by atoms with E-state index in [0.29, 0.717) is 17.9 Å². The van der Waals surface area contributed by atoms with Crippen molar-refractivity contribution in [3.8, 4) is 0 Å². The maximum atomic E-state index is 12.1. The van der Waals surface area contributed by atoms with Crippen molar-refractivity contribution in [2.24, 2.45) is 11.8 Å². The van der Waals surface area contributed by atoms with E-state index in [9.17, 15) is 9.59 Å². The number of nitrogens with one attached hydrogen (secondary N) is 1. The highest BCUT2D eigenvalue weighted by atomic mass is 35.5. The Labute approximate surface area is 102 Å². The monoisotopic (exact) mass is 252 g/mol. The van der Waals surface area contributed by atoms with Crippen molar-refractivity contribution in [1.29, 1.82) is 0 Å².